The van der Waals surface area contributed by atoms with E-state index in [4.69, 9.17) is 13.8 Å². The maximum absolute atomic E-state index is 13.6. The summed E-state index contributed by atoms with van der Waals surface area (Å²) in [6.07, 6.45) is 66.8. The van der Waals surface area contributed by atoms with Crippen LogP contribution < -0.4 is 10.2 Å². The lowest BCUT2D eigenvalue weighted by atomic mass is 10.0. The van der Waals surface area contributed by atoms with Gasteiger partial charge in [-0.2, -0.15) is 0 Å². The van der Waals surface area contributed by atoms with Crippen LogP contribution in [-0.2, 0) is 27.9 Å². The van der Waals surface area contributed by atoms with E-state index in [2.05, 4.69) is 50.4 Å². The molecule has 0 saturated carbocycles. The number of phosphoric ester groups is 1. The van der Waals surface area contributed by atoms with E-state index in [0.29, 0.717) is 17.4 Å². The SMILES string of the molecule is CCCCC/C=C/C=C/CCCCCCCCC(=O)OC(/C=C/CCCCCCCCCCCCC)C(COP(=O)([O-])OCC[N+](C)(C)C)NC(=O)CCCCCCCCCCCCCCCCCCCCCCC. The average Bonchev–Trinajstić information content (AvgIpc) is 3.37. The zero-order valence-corrected chi connectivity index (χ0v) is 51.4. The molecule has 0 saturated heterocycles. The molecule has 0 bridgehead atoms. The van der Waals surface area contributed by atoms with Crippen LogP contribution in [0, 0.1) is 0 Å². The molecule has 0 aliphatic heterocycles. The molecule has 0 spiro atoms. The summed E-state index contributed by atoms with van der Waals surface area (Å²) in [5.41, 5.74) is 0. The number of unbranched alkanes of at least 4 members (excludes halogenated alkanes) is 40. The van der Waals surface area contributed by atoms with Crippen molar-refractivity contribution in [2.45, 2.75) is 328 Å². The number of hydrogen-bond acceptors (Lipinski definition) is 7. The topological polar surface area (TPSA) is 114 Å². The number of quaternary nitrogens is 1. The van der Waals surface area contributed by atoms with Gasteiger partial charge in [-0.25, -0.2) is 0 Å². The quantitative estimate of drug-likeness (QED) is 0.0161. The van der Waals surface area contributed by atoms with Crippen LogP contribution in [0.4, 0.5) is 0 Å². The normalized spacial score (nSPS) is 13.9. The van der Waals surface area contributed by atoms with E-state index in [1.54, 1.807) is 0 Å². The third kappa shape index (κ3) is 56.8. The number of rotatable bonds is 59. The molecule has 0 aliphatic carbocycles. The molecule has 0 aromatic rings. The van der Waals surface area contributed by atoms with E-state index >= 15 is 0 Å². The number of likely N-dealkylation sites (N-methyl/N-ethyl adjacent to an activating group) is 1. The van der Waals surface area contributed by atoms with Crippen molar-refractivity contribution < 1.29 is 37.3 Å². The summed E-state index contributed by atoms with van der Waals surface area (Å²) in [6.45, 7) is 6.85. The number of carbonyl (C=O) groups is 2. The van der Waals surface area contributed by atoms with E-state index < -0.39 is 20.0 Å². The Morgan fingerprint density at radius 1 is 0.467 bits per heavy atom. The summed E-state index contributed by atoms with van der Waals surface area (Å²) < 4.78 is 30.3. The maximum atomic E-state index is 13.6. The number of esters is 1. The van der Waals surface area contributed by atoms with Crippen LogP contribution in [0.5, 0.6) is 0 Å². The molecular formula is C65H125N2O7P. The second kappa shape index (κ2) is 55.5. The van der Waals surface area contributed by atoms with Crippen LogP contribution in [0.1, 0.15) is 316 Å². The fourth-order valence-electron chi connectivity index (χ4n) is 9.57. The van der Waals surface area contributed by atoms with E-state index in [9.17, 15) is 19.0 Å². The first-order chi connectivity index (χ1) is 36.4. The van der Waals surface area contributed by atoms with Crippen LogP contribution in [0.2, 0.25) is 0 Å². The van der Waals surface area contributed by atoms with Crippen LogP contribution in [0.3, 0.4) is 0 Å². The average molecular weight is 1080 g/mol. The van der Waals surface area contributed by atoms with Crippen molar-refractivity contribution in [1.82, 2.24) is 5.32 Å². The van der Waals surface area contributed by atoms with Gasteiger partial charge in [0.05, 0.1) is 33.8 Å². The second-order valence-corrected chi connectivity index (χ2v) is 24.7. The van der Waals surface area contributed by atoms with Gasteiger partial charge in [0.15, 0.2) is 0 Å². The highest BCUT2D eigenvalue weighted by atomic mass is 31.2. The Morgan fingerprint density at radius 3 is 1.20 bits per heavy atom. The Morgan fingerprint density at radius 2 is 0.800 bits per heavy atom. The van der Waals surface area contributed by atoms with Gasteiger partial charge in [0.25, 0.3) is 7.82 Å². The van der Waals surface area contributed by atoms with Gasteiger partial charge in [-0.15, -0.1) is 0 Å². The Kier molecular flexibility index (Phi) is 54.2. The van der Waals surface area contributed by atoms with Gasteiger partial charge >= 0.3 is 5.97 Å². The molecule has 3 atom stereocenters. The van der Waals surface area contributed by atoms with Crippen LogP contribution in [-0.4, -0.2) is 69.4 Å². The molecule has 442 valence electrons. The van der Waals surface area contributed by atoms with Crippen molar-refractivity contribution >= 4 is 19.7 Å². The fourth-order valence-corrected chi connectivity index (χ4v) is 10.3. The standard InChI is InChI=1S/C65H125N2O7P/c1-7-10-13-16-19-22-25-28-30-31-32-33-34-35-37-39-42-45-48-51-54-57-64(68)66-62(61-73-75(70,71)72-60-59-67(4,5)6)63(56-53-50-47-44-41-38-27-24-21-18-15-12-9-3)74-65(69)58-55-52-49-46-43-40-36-29-26-23-20-17-14-11-8-2/h20,23,26,29,53,56,62-63H,7-19,21-22,24-25,27-28,30-52,54-55,57-61H2,1-6H3,(H-,66,68,70,71)/b23-20+,29-26+,56-53+. The Bertz CT molecular complexity index is 1380. The minimum absolute atomic E-state index is 0.0219. The number of nitrogens with one attached hydrogen (secondary N) is 1. The number of nitrogens with zero attached hydrogens (tertiary/aromatic N) is 1. The predicted molar refractivity (Wildman–Crippen MR) is 321 cm³/mol. The highest BCUT2D eigenvalue weighted by molar-refractivity contribution is 7.45. The third-order valence-electron chi connectivity index (χ3n) is 14.6. The van der Waals surface area contributed by atoms with Gasteiger partial charge in [0, 0.05) is 12.8 Å². The lowest BCUT2D eigenvalue weighted by molar-refractivity contribution is -0.870. The number of phosphoric acid groups is 1. The first kappa shape index (κ1) is 73.2. The van der Waals surface area contributed by atoms with Crippen LogP contribution in [0.15, 0.2) is 36.5 Å². The summed E-state index contributed by atoms with van der Waals surface area (Å²) in [6, 6.07) is -0.889. The summed E-state index contributed by atoms with van der Waals surface area (Å²) in [7, 11) is 1.19. The maximum Gasteiger partial charge on any atom is 0.306 e. The number of carbonyl (C=O) groups excluding carboxylic acids is 2. The van der Waals surface area contributed by atoms with Gasteiger partial charge in [-0.1, -0.05) is 282 Å². The van der Waals surface area contributed by atoms with Crippen molar-refractivity contribution in [2.75, 3.05) is 40.9 Å². The van der Waals surface area contributed by atoms with Gasteiger partial charge in [0.2, 0.25) is 5.91 Å². The highest BCUT2D eigenvalue weighted by Crippen LogP contribution is 2.38. The molecule has 0 heterocycles. The van der Waals surface area contributed by atoms with Gasteiger partial charge in [-0.05, 0) is 57.4 Å². The molecule has 0 radical (unpaired) electrons. The van der Waals surface area contributed by atoms with E-state index in [1.807, 2.05) is 33.3 Å². The monoisotopic (exact) mass is 1080 g/mol. The molecule has 75 heavy (non-hydrogen) atoms. The van der Waals surface area contributed by atoms with Crippen molar-refractivity contribution in [3.05, 3.63) is 36.5 Å². The zero-order chi connectivity index (χ0) is 55.0. The molecule has 0 rings (SSSR count). The summed E-state index contributed by atoms with van der Waals surface area (Å²) in [5.74, 6) is -0.539. The molecule has 10 heteroatoms. The highest BCUT2D eigenvalue weighted by Gasteiger charge is 2.27. The van der Waals surface area contributed by atoms with Gasteiger partial charge in [-0.3, -0.25) is 14.2 Å². The lowest BCUT2D eigenvalue weighted by Crippen LogP contribution is -2.47. The van der Waals surface area contributed by atoms with Gasteiger partial charge in [0.1, 0.15) is 19.3 Å². The molecule has 3 unspecified atom stereocenters. The Balaban J connectivity index is 5.20. The second-order valence-electron chi connectivity index (χ2n) is 23.3. The molecule has 0 fully saturated rings. The minimum Gasteiger partial charge on any atom is -0.756 e. The predicted octanol–water partition coefficient (Wildman–Crippen LogP) is 19.3. The minimum atomic E-state index is -4.70. The number of allylic oxidation sites excluding steroid dienone is 5. The molecule has 0 aliphatic rings. The van der Waals surface area contributed by atoms with Crippen LogP contribution >= 0.6 is 7.82 Å². The lowest BCUT2D eigenvalue weighted by Gasteiger charge is -2.30. The van der Waals surface area contributed by atoms with E-state index in [1.165, 1.54) is 205 Å². The summed E-state index contributed by atoms with van der Waals surface area (Å²) in [5, 5.41) is 3.04. The summed E-state index contributed by atoms with van der Waals surface area (Å²) >= 11 is 0. The third-order valence-corrected chi connectivity index (χ3v) is 15.6. The number of amides is 1. The Hall–Kier alpha value is -1.77. The molecule has 1 amide bonds. The van der Waals surface area contributed by atoms with Crippen molar-refractivity contribution in [3.8, 4) is 0 Å². The number of hydrogen-bond donors (Lipinski definition) is 1. The fraction of sp³-hybridized carbons (Fsp3) is 0.877. The van der Waals surface area contributed by atoms with Crippen molar-refractivity contribution in [3.63, 3.8) is 0 Å². The smallest absolute Gasteiger partial charge is 0.306 e. The molecule has 0 aromatic carbocycles. The first-order valence-corrected chi connectivity index (χ1v) is 33.8. The van der Waals surface area contributed by atoms with E-state index in [-0.39, 0.29) is 31.5 Å². The molecule has 0 aromatic heterocycles. The van der Waals surface area contributed by atoms with Crippen LogP contribution in [0.25, 0.3) is 0 Å². The zero-order valence-electron chi connectivity index (χ0n) is 50.5. The van der Waals surface area contributed by atoms with Gasteiger partial charge < -0.3 is 28.5 Å². The summed E-state index contributed by atoms with van der Waals surface area (Å²) in [4.78, 5) is 40.0. The Labute approximate surface area is 466 Å². The number of ether oxygens (including phenoxy) is 1. The van der Waals surface area contributed by atoms with Crippen molar-refractivity contribution in [2.24, 2.45) is 0 Å². The first-order valence-electron chi connectivity index (χ1n) is 32.3. The van der Waals surface area contributed by atoms with E-state index in [0.717, 1.165) is 77.0 Å². The molecule has 9 nitrogen and oxygen atoms in total. The largest absolute Gasteiger partial charge is 0.756 e. The molecular weight excluding hydrogens is 952 g/mol. The van der Waals surface area contributed by atoms with Crippen molar-refractivity contribution in [1.29, 1.82) is 0 Å². The molecule has 1 N–H and O–H groups in total.